The number of benzene rings is 2. The molecule has 0 aliphatic carbocycles. The van der Waals surface area contributed by atoms with Gasteiger partial charge in [0.15, 0.2) is 5.82 Å². The van der Waals surface area contributed by atoms with Crippen molar-refractivity contribution in [3.8, 4) is 22.9 Å². The zero-order valence-electron chi connectivity index (χ0n) is 19.6. The number of carbonyl (C=O) groups excluding carboxylic acids is 1. The van der Waals surface area contributed by atoms with Gasteiger partial charge in [0.25, 0.3) is 0 Å². The number of phenols is 1. The predicted octanol–water partition coefficient (Wildman–Crippen LogP) is 4.94. The zero-order chi connectivity index (χ0) is 25.4. The Kier molecular flexibility index (Phi) is 6.80. The zero-order valence-corrected chi connectivity index (χ0v) is 20.3. The second kappa shape index (κ2) is 9.65. The maximum absolute atomic E-state index is 15.9. The number of carbonyl (C=O) groups is 1. The van der Waals surface area contributed by atoms with Crippen LogP contribution >= 0.6 is 11.6 Å². The highest BCUT2D eigenvalue weighted by molar-refractivity contribution is 6.34. The Morgan fingerprint density at radius 1 is 1.26 bits per heavy atom. The Bertz CT molecular complexity index is 1300. The van der Waals surface area contributed by atoms with E-state index in [0.717, 1.165) is 6.07 Å². The number of phenolic OH excluding ortho intramolecular Hbond substituents is 1. The summed E-state index contributed by atoms with van der Waals surface area (Å²) >= 11 is 6.46. The summed E-state index contributed by atoms with van der Waals surface area (Å²) in [6.45, 7) is 10.2. The number of ether oxygens (including phenoxy) is 1. The second-order valence-corrected chi connectivity index (χ2v) is 8.79. The van der Waals surface area contributed by atoms with Crippen LogP contribution in [0.15, 0.2) is 36.9 Å². The van der Waals surface area contributed by atoms with Crippen LogP contribution in [-0.2, 0) is 4.79 Å². The standard InChI is InChI=1S/C25H25ClF2N4O3/c1-5-19(34)31-11-14(4)32(12-13(31)3)24-15-10-16(26)20(21-17(27)8-7-9-18(21)33)22(28)23(15)29-25(30-24)35-6-2/h5,7-10,13-14,33H,1,6,11-12H2,2-4H3/t13-,14+/m1/s1. The van der Waals surface area contributed by atoms with Gasteiger partial charge in [-0.3, -0.25) is 4.79 Å². The molecule has 0 unspecified atom stereocenters. The summed E-state index contributed by atoms with van der Waals surface area (Å²) in [6.07, 6.45) is 1.28. The van der Waals surface area contributed by atoms with E-state index in [1.165, 1.54) is 24.3 Å². The number of hydrogen-bond donors (Lipinski definition) is 1. The summed E-state index contributed by atoms with van der Waals surface area (Å²) in [7, 11) is 0. The van der Waals surface area contributed by atoms with E-state index < -0.39 is 17.4 Å². The van der Waals surface area contributed by atoms with E-state index in [0.29, 0.717) is 24.3 Å². The molecule has 2 atom stereocenters. The number of aromatic nitrogens is 2. The molecule has 1 aliphatic rings. The monoisotopic (exact) mass is 502 g/mol. The molecule has 35 heavy (non-hydrogen) atoms. The first kappa shape index (κ1) is 24.7. The second-order valence-electron chi connectivity index (χ2n) is 8.39. The summed E-state index contributed by atoms with van der Waals surface area (Å²) in [5, 5.41) is 10.4. The van der Waals surface area contributed by atoms with Gasteiger partial charge in [-0.1, -0.05) is 24.2 Å². The number of amides is 1. The molecule has 1 aliphatic heterocycles. The maximum atomic E-state index is 15.9. The highest BCUT2D eigenvalue weighted by Gasteiger charge is 2.34. The van der Waals surface area contributed by atoms with Crippen molar-refractivity contribution in [1.82, 2.24) is 14.9 Å². The highest BCUT2D eigenvalue weighted by Crippen LogP contribution is 2.43. The molecule has 2 aromatic carbocycles. The highest BCUT2D eigenvalue weighted by atomic mass is 35.5. The van der Waals surface area contributed by atoms with Crippen molar-refractivity contribution in [3.05, 3.63) is 53.6 Å². The fourth-order valence-electron chi connectivity index (χ4n) is 4.41. The van der Waals surface area contributed by atoms with E-state index in [-0.39, 0.29) is 52.3 Å². The molecule has 1 amide bonds. The van der Waals surface area contributed by atoms with Crippen molar-refractivity contribution >= 4 is 34.2 Å². The van der Waals surface area contributed by atoms with Gasteiger partial charge >= 0.3 is 6.01 Å². The van der Waals surface area contributed by atoms with Crippen LogP contribution in [0.25, 0.3) is 22.0 Å². The Labute approximate surface area is 206 Å². The molecule has 1 saturated heterocycles. The summed E-state index contributed by atoms with van der Waals surface area (Å²) < 4.78 is 36.1. The molecule has 1 fully saturated rings. The van der Waals surface area contributed by atoms with Crippen molar-refractivity contribution in [2.75, 3.05) is 24.6 Å². The van der Waals surface area contributed by atoms with Gasteiger partial charge in [-0.2, -0.15) is 9.97 Å². The smallest absolute Gasteiger partial charge is 0.319 e. The number of fused-ring (bicyclic) bond motifs is 1. The number of halogens is 3. The van der Waals surface area contributed by atoms with Crippen molar-refractivity contribution in [3.63, 3.8) is 0 Å². The lowest BCUT2D eigenvalue weighted by Crippen LogP contribution is -2.58. The molecular weight excluding hydrogens is 478 g/mol. The number of piperazine rings is 1. The van der Waals surface area contributed by atoms with Gasteiger partial charge in [0, 0.05) is 36.1 Å². The molecule has 3 aromatic rings. The fraction of sp³-hybridized carbons (Fsp3) is 0.320. The van der Waals surface area contributed by atoms with Gasteiger partial charge in [0.1, 0.15) is 22.9 Å². The minimum Gasteiger partial charge on any atom is -0.507 e. The molecular formula is C25H25ClF2N4O3. The Morgan fingerprint density at radius 2 is 2.00 bits per heavy atom. The Morgan fingerprint density at radius 3 is 2.66 bits per heavy atom. The van der Waals surface area contributed by atoms with Gasteiger partial charge < -0.3 is 19.6 Å². The molecule has 1 N–H and O–H groups in total. The third-order valence-corrected chi connectivity index (χ3v) is 6.37. The summed E-state index contributed by atoms with van der Waals surface area (Å²) in [5.74, 6) is -1.97. The molecule has 184 valence electrons. The van der Waals surface area contributed by atoms with Gasteiger partial charge in [-0.25, -0.2) is 8.78 Å². The number of anilines is 1. The van der Waals surface area contributed by atoms with Crippen LogP contribution in [-0.4, -0.2) is 57.7 Å². The predicted molar refractivity (Wildman–Crippen MR) is 131 cm³/mol. The van der Waals surface area contributed by atoms with Crippen LogP contribution < -0.4 is 9.64 Å². The molecule has 4 rings (SSSR count). The van der Waals surface area contributed by atoms with Crippen LogP contribution in [0.2, 0.25) is 5.02 Å². The fourth-order valence-corrected chi connectivity index (χ4v) is 4.69. The van der Waals surface area contributed by atoms with E-state index >= 15 is 4.39 Å². The quantitative estimate of drug-likeness (QED) is 0.498. The van der Waals surface area contributed by atoms with Gasteiger partial charge in [-0.05, 0) is 45.0 Å². The summed E-state index contributed by atoms with van der Waals surface area (Å²) in [5.41, 5.74) is -0.775. The summed E-state index contributed by atoms with van der Waals surface area (Å²) in [6, 6.07) is 4.73. The first-order valence-electron chi connectivity index (χ1n) is 11.2. The van der Waals surface area contributed by atoms with Gasteiger partial charge in [-0.15, -0.1) is 0 Å². The normalized spacial score (nSPS) is 18.1. The van der Waals surface area contributed by atoms with Crippen molar-refractivity contribution < 1.29 is 23.4 Å². The van der Waals surface area contributed by atoms with Crippen LogP contribution in [0, 0.1) is 11.6 Å². The molecule has 0 saturated carbocycles. The van der Waals surface area contributed by atoms with E-state index in [2.05, 4.69) is 16.5 Å². The number of nitrogens with zero attached hydrogens (tertiary/aromatic N) is 4. The lowest BCUT2D eigenvalue weighted by Gasteiger charge is -2.44. The average molecular weight is 503 g/mol. The molecule has 10 heteroatoms. The van der Waals surface area contributed by atoms with Gasteiger partial charge in [0.05, 0.1) is 17.2 Å². The first-order valence-corrected chi connectivity index (χ1v) is 11.6. The van der Waals surface area contributed by atoms with Gasteiger partial charge in [0.2, 0.25) is 5.91 Å². The van der Waals surface area contributed by atoms with E-state index in [1.54, 1.807) is 11.8 Å². The van der Waals surface area contributed by atoms with Crippen molar-refractivity contribution in [2.24, 2.45) is 0 Å². The Balaban J connectivity index is 1.92. The largest absolute Gasteiger partial charge is 0.507 e. The lowest BCUT2D eigenvalue weighted by molar-refractivity contribution is -0.128. The van der Waals surface area contributed by atoms with Crippen LogP contribution in [0.4, 0.5) is 14.6 Å². The third kappa shape index (κ3) is 4.36. The van der Waals surface area contributed by atoms with E-state index in [1.807, 2.05) is 18.7 Å². The van der Waals surface area contributed by atoms with Crippen LogP contribution in [0.1, 0.15) is 20.8 Å². The van der Waals surface area contributed by atoms with Crippen LogP contribution in [0.5, 0.6) is 11.8 Å². The van der Waals surface area contributed by atoms with E-state index in [9.17, 15) is 14.3 Å². The Hall–Kier alpha value is -3.46. The van der Waals surface area contributed by atoms with Crippen molar-refractivity contribution in [1.29, 1.82) is 0 Å². The minimum absolute atomic E-state index is 0.0515. The molecule has 0 spiro atoms. The topological polar surface area (TPSA) is 78.8 Å². The maximum Gasteiger partial charge on any atom is 0.319 e. The minimum atomic E-state index is -0.904. The molecule has 1 aromatic heterocycles. The van der Waals surface area contributed by atoms with Crippen molar-refractivity contribution in [2.45, 2.75) is 32.9 Å². The first-order chi connectivity index (χ1) is 16.7. The van der Waals surface area contributed by atoms with E-state index in [4.69, 9.17) is 16.3 Å². The molecule has 0 radical (unpaired) electrons. The average Bonchev–Trinajstić information content (AvgIpc) is 2.82. The number of hydrogen-bond acceptors (Lipinski definition) is 6. The molecule has 0 bridgehead atoms. The lowest BCUT2D eigenvalue weighted by atomic mass is 10.0. The molecule has 2 heterocycles. The SMILES string of the molecule is C=CC(=O)N1C[C@H](C)N(c2nc(OCC)nc3c(F)c(-c4c(O)cccc4F)c(Cl)cc23)C[C@H]1C. The number of aromatic hydroxyl groups is 1. The third-order valence-electron chi connectivity index (χ3n) is 6.07. The summed E-state index contributed by atoms with van der Waals surface area (Å²) in [4.78, 5) is 24.7. The van der Waals surface area contributed by atoms with Crippen LogP contribution in [0.3, 0.4) is 0 Å². The molecule has 7 nitrogen and oxygen atoms in total. The number of rotatable bonds is 5.